The Balaban J connectivity index is 1.90. The van der Waals surface area contributed by atoms with E-state index in [1.807, 2.05) is 12.1 Å². The summed E-state index contributed by atoms with van der Waals surface area (Å²) in [7, 11) is 0. The lowest BCUT2D eigenvalue weighted by molar-refractivity contribution is -0.387. The SMILES string of the molecule is O=[N+]([O-])c1ccc(Nc2nc3ccccc3o2)cc1F. The van der Waals surface area contributed by atoms with Crippen LogP contribution in [0.25, 0.3) is 11.1 Å². The number of nitrogens with one attached hydrogen (secondary N) is 1. The molecule has 0 aliphatic heterocycles. The molecule has 1 N–H and O–H groups in total. The molecule has 0 radical (unpaired) electrons. The number of nitro benzene ring substituents is 1. The Morgan fingerprint density at radius 3 is 2.75 bits per heavy atom. The number of anilines is 2. The highest BCUT2D eigenvalue weighted by Gasteiger charge is 2.14. The van der Waals surface area contributed by atoms with Crippen molar-refractivity contribution in [1.82, 2.24) is 4.98 Å². The first kappa shape index (κ1) is 12.1. The third-order valence-electron chi connectivity index (χ3n) is 2.69. The molecule has 6 nitrogen and oxygen atoms in total. The van der Waals surface area contributed by atoms with E-state index in [4.69, 9.17) is 4.42 Å². The molecule has 100 valence electrons. The molecule has 0 fully saturated rings. The van der Waals surface area contributed by atoms with E-state index < -0.39 is 16.4 Å². The third kappa shape index (κ3) is 2.16. The minimum atomic E-state index is -0.920. The largest absolute Gasteiger partial charge is 0.423 e. The van der Waals surface area contributed by atoms with E-state index in [1.165, 1.54) is 6.07 Å². The van der Waals surface area contributed by atoms with Gasteiger partial charge in [0.25, 0.3) is 6.01 Å². The summed E-state index contributed by atoms with van der Waals surface area (Å²) in [6.45, 7) is 0. The monoisotopic (exact) mass is 273 g/mol. The van der Waals surface area contributed by atoms with Crippen molar-refractivity contribution in [3.63, 3.8) is 0 Å². The first-order valence-electron chi connectivity index (χ1n) is 5.70. The summed E-state index contributed by atoms with van der Waals surface area (Å²) < 4.78 is 18.9. The maximum absolute atomic E-state index is 13.5. The first-order valence-corrected chi connectivity index (χ1v) is 5.70. The second kappa shape index (κ2) is 4.61. The van der Waals surface area contributed by atoms with E-state index in [0.29, 0.717) is 16.8 Å². The van der Waals surface area contributed by atoms with Crippen LogP contribution < -0.4 is 5.32 Å². The Labute approximate surface area is 112 Å². The van der Waals surface area contributed by atoms with Crippen molar-refractivity contribution < 1.29 is 13.7 Å². The van der Waals surface area contributed by atoms with Crippen molar-refractivity contribution in [2.75, 3.05) is 5.32 Å². The number of para-hydroxylation sites is 2. The molecule has 0 aliphatic rings. The number of hydrogen-bond acceptors (Lipinski definition) is 5. The summed E-state index contributed by atoms with van der Waals surface area (Å²) in [6, 6.07) is 10.8. The predicted molar refractivity (Wildman–Crippen MR) is 70.3 cm³/mol. The fourth-order valence-corrected chi connectivity index (χ4v) is 1.78. The van der Waals surface area contributed by atoms with Gasteiger partial charge in [-0.3, -0.25) is 10.1 Å². The number of nitro groups is 1. The molecule has 0 amide bonds. The fourth-order valence-electron chi connectivity index (χ4n) is 1.78. The number of hydrogen-bond donors (Lipinski definition) is 1. The number of rotatable bonds is 3. The lowest BCUT2D eigenvalue weighted by Gasteiger charge is -2.01. The summed E-state index contributed by atoms with van der Waals surface area (Å²) >= 11 is 0. The van der Waals surface area contributed by atoms with Crippen LogP contribution in [0.5, 0.6) is 0 Å². The molecule has 0 saturated carbocycles. The van der Waals surface area contributed by atoms with Gasteiger partial charge in [-0.2, -0.15) is 9.37 Å². The van der Waals surface area contributed by atoms with E-state index in [0.717, 1.165) is 12.1 Å². The zero-order chi connectivity index (χ0) is 14.1. The Morgan fingerprint density at radius 1 is 1.25 bits per heavy atom. The maximum Gasteiger partial charge on any atom is 0.304 e. The second-order valence-corrected chi connectivity index (χ2v) is 4.04. The Bertz CT molecular complexity index is 767. The smallest absolute Gasteiger partial charge is 0.304 e. The average molecular weight is 273 g/mol. The van der Waals surface area contributed by atoms with Crippen LogP contribution in [-0.4, -0.2) is 9.91 Å². The van der Waals surface area contributed by atoms with Crippen LogP contribution in [0.4, 0.5) is 21.8 Å². The molecule has 0 unspecified atom stereocenters. The molecule has 0 aliphatic carbocycles. The number of nitrogens with zero attached hydrogens (tertiary/aromatic N) is 2. The quantitative estimate of drug-likeness (QED) is 0.582. The Hall–Kier alpha value is -2.96. The molecule has 1 heterocycles. The number of benzene rings is 2. The zero-order valence-corrected chi connectivity index (χ0v) is 10.0. The molecule has 1 aromatic heterocycles. The second-order valence-electron chi connectivity index (χ2n) is 4.04. The molecular weight excluding hydrogens is 265 g/mol. The summed E-state index contributed by atoms with van der Waals surface area (Å²) in [4.78, 5) is 13.9. The van der Waals surface area contributed by atoms with Crippen LogP contribution in [-0.2, 0) is 0 Å². The van der Waals surface area contributed by atoms with Gasteiger partial charge in [-0.25, -0.2) is 0 Å². The van der Waals surface area contributed by atoms with Crippen molar-refractivity contribution in [3.05, 3.63) is 58.4 Å². The highest BCUT2D eigenvalue weighted by atomic mass is 19.1. The summed E-state index contributed by atoms with van der Waals surface area (Å²) in [5, 5.41) is 13.3. The van der Waals surface area contributed by atoms with Crippen molar-refractivity contribution in [2.45, 2.75) is 0 Å². The van der Waals surface area contributed by atoms with Crippen molar-refractivity contribution in [2.24, 2.45) is 0 Å². The molecule has 0 atom stereocenters. The summed E-state index contributed by atoms with van der Waals surface area (Å²) in [5.74, 6) is -0.920. The molecule has 20 heavy (non-hydrogen) atoms. The minimum absolute atomic E-state index is 0.194. The number of fused-ring (bicyclic) bond motifs is 1. The fraction of sp³-hybridized carbons (Fsp3) is 0. The van der Waals surface area contributed by atoms with Gasteiger partial charge in [-0.1, -0.05) is 12.1 Å². The predicted octanol–water partition coefficient (Wildman–Crippen LogP) is 3.62. The van der Waals surface area contributed by atoms with Gasteiger partial charge >= 0.3 is 5.69 Å². The van der Waals surface area contributed by atoms with Gasteiger partial charge in [0.15, 0.2) is 5.58 Å². The van der Waals surface area contributed by atoms with Crippen LogP contribution >= 0.6 is 0 Å². The van der Waals surface area contributed by atoms with Gasteiger partial charge in [0.2, 0.25) is 5.82 Å². The van der Waals surface area contributed by atoms with Gasteiger partial charge in [0, 0.05) is 17.8 Å². The molecule has 2 aromatic carbocycles. The summed E-state index contributed by atoms with van der Waals surface area (Å²) in [5.41, 5.74) is 1.00. The molecule has 0 spiro atoms. The summed E-state index contributed by atoms with van der Waals surface area (Å²) in [6.07, 6.45) is 0. The van der Waals surface area contributed by atoms with E-state index in [1.54, 1.807) is 12.1 Å². The third-order valence-corrected chi connectivity index (χ3v) is 2.69. The van der Waals surface area contributed by atoms with Gasteiger partial charge in [-0.05, 0) is 18.2 Å². The lowest BCUT2D eigenvalue weighted by Crippen LogP contribution is -1.95. The topological polar surface area (TPSA) is 81.2 Å². The highest BCUT2D eigenvalue weighted by Crippen LogP contribution is 2.25. The highest BCUT2D eigenvalue weighted by molar-refractivity contribution is 5.75. The van der Waals surface area contributed by atoms with Gasteiger partial charge in [-0.15, -0.1) is 0 Å². The van der Waals surface area contributed by atoms with Crippen LogP contribution in [0, 0.1) is 15.9 Å². The maximum atomic E-state index is 13.5. The van der Waals surface area contributed by atoms with Crippen molar-refractivity contribution >= 4 is 28.5 Å². The molecular formula is C13H8FN3O3. The average Bonchev–Trinajstić information content (AvgIpc) is 2.80. The molecule has 0 saturated heterocycles. The zero-order valence-electron chi connectivity index (χ0n) is 10.0. The molecule has 3 rings (SSSR count). The van der Waals surface area contributed by atoms with Gasteiger partial charge in [0.05, 0.1) is 4.92 Å². The normalized spacial score (nSPS) is 10.7. The van der Waals surface area contributed by atoms with E-state index >= 15 is 0 Å². The van der Waals surface area contributed by atoms with Crippen LogP contribution in [0.2, 0.25) is 0 Å². The Morgan fingerprint density at radius 2 is 2.05 bits per heavy atom. The molecule has 7 heteroatoms. The Kier molecular flexibility index (Phi) is 2.79. The van der Waals surface area contributed by atoms with Crippen molar-refractivity contribution in [3.8, 4) is 0 Å². The molecule has 3 aromatic rings. The van der Waals surface area contributed by atoms with Crippen LogP contribution in [0.1, 0.15) is 0 Å². The van der Waals surface area contributed by atoms with Gasteiger partial charge < -0.3 is 9.73 Å². The van der Waals surface area contributed by atoms with Crippen LogP contribution in [0.15, 0.2) is 46.9 Å². The standard InChI is InChI=1S/C13H8FN3O3/c14-9-7-8(5-6-11(9)17(18)19)15-13-16-10-3-1-2-4-12(10)20-13/h1-7H,(H,15,16). The van der Waals surface area contributed by atoms with Crippen LogP contribution in [0.3, 0.4) is 0 Å². The first-order chi connectivity index (χ1) is 9.63. The van der Waals surface area contributed by atoms with E-state index in [2.05, 4.69) is 10.3 Å². The number of oxazole rings is 1. The van der Waals surface area contributed by atoms with Gasteiger partial charge in [0.1, 0.15) is 5.52 Å². The number of halogens is 1. The molecule has 0 bridgehead atoms. The van der Waals surface area contributed by atoms with E-state index in [-0.39, 0.29) is 6.01 Å². The van der Waals surface area contributed by atoms with E-state index in [9.17, 15) is 14.5 Å². The number of aromatic nitrogens is 1. The lowest BCUT2D eigenvalue weighted by atomic mass is 10.2. The minimum Gasteiger partial charge on any atom is -0.423 e. The van der Waals surface area contributed by atoms with Crippen molar-refractivity contribution in [1.29, 1.82) is 0 Å².